The normalized spacial score (nSPS) is 19.6. The van der Waals surface area contributed by atoms with Gasteiger partial charge in [-0.1, -0.05) is 66.7 Å². The zero-order chi connectivity index (χ0) is 30.3. The van der Waals surface area contributed by atoms with Crippen molar-refractivity contribution < 1.29 is 42.9 Å². The molecule has 0 saturated carbocycles. The molecule has 0 saturated heterocycles. The highest BCUT2D eigenvalue weighted by molar-refractivity contribution is 6.56. The molecule has 43 heavy (non-hydrogen) atoms. The van der Waals surface area contributed by atoms with Crippen LogP contribution in [0.15, 0.2) is 78.9 Å². The van der Waals surface area contributed by atoms with Crippen LogP contribution >= 0.6 is 0 Å². The number of carbonyl (C=O) groups excluding carboxylic acids is 1. The van der Waals surface area contributed by atoms with Gasteiger partial charge < -0.3 is 43.4 Å². The van der Waals surface area contributed by atoms with E-state index < -0.39 is 8.80 Å². The Morgan fingerprint density at radius 3 is 1.72 bits per heavy atom. The average molecular weight is 612 g/mol. The van der Waals surface area contributed by atoms with Crippen LogP contribution in [0, 0.1) is 0 Å². The van der Waals surface area contributed by atoms with E-state index in [-0.39, 0.29) is 50.3 Å². The number of rotatable bonds is 7. The Bertz CT molecular complexity index is 1160. The molecule has 1 aliphatic rings. The number of hydrogen-bond donors (Lipinski definition) is 4. The molecule has 0 spiro atoms. The van der Waals surface area contributed by atoms with E-state index in [9.17, 15) is 19.2 Å². The minimum Gasteiger partial charge on any atom is -0.390 e. The first-order valence-electron chi connectivity index (χ1n) is 14.5. The van der Waals surface area contributed by atoms with Gasteiger partial charge in [0.1, 0.15) is 12.2 Å². The second-order valence-electron chi connectivity index (χ2n) is 10.4. The lowest BCUT2D eigenvalue weighted by Crippen LogP contribution is -2.35. The molecule has 2 atom stereocenters. The van der Waals surface area contributed by atoms with Crippen LogP contribution in [0.1, 0.15) is 51.2 Å². The van der Waals surface area contributed by atoms with Crippen molar-refractivity contribution in [3.05, 3.63) is 107 Å². The standard InChI is InChI=1S/C32H41NO9Si/c34-32(33-12-7-17-43(35,36)37)29-19-25-18-26(20-29)22-40-24-31(28-10-5-2-6-11-28)42-16-14-38-13-15-41-30(23-39-21-25)27-8-3-1-4-9-27/h1-6,8-11,18-20,30-31,35-37H,7,12-17,21-24H2,(H,33,34)/t30-,31-/m1/s1. The Labute approximate surface area is 253 Å². The molecule has 11 heteroatoms. The van der Waals surface area contributed by atoms with E-state index in [1.165, 1.54) is 0 Å². The zero-order valence-electron chi connectivity index (χ0n) is 24.2. The summed E-state index contributed by atoms with van der Waals surface area (Å²) >= 11 is 0. The van der Waals surface area contributed by atoms with Crippen LogP contribution in [0.25, 0.3) is 0 Å². The van der Waals surface area contributed by atoms with Crippen molar-refractivity contribution in [2.45, 2.75) is 37.9 Å². The maximum absolute atomic E-state index is 13.0. The van der Waals surface area contributed by atoms with Gasteiger partial charge in [0.25, 0.3) is 5.91 Å². The number of nitrogens with one attached hydrogen (secondary N) is 1. The molecule has 232 valence electrons. The lowest BCUT2D eigenvalue weighted by molar-refractivity contribution is -0.0643. The van der Waals surface area contributed by atoms with Crippen LogP contribution in [0.4, 0.5) is 0 Å². The molecule has 10 nitrogen and oxygen atoms in total. The summed E-state index contributed by atoms with van der Waals surface area (Å²) in [5.41, 5.74) is 4.01. The molecule has 1 heterocycles. The summed E-state index contributed by atoms with van der Waals surface area (Å²) in [6.07, 6.45) is -0.346. The van der Waals surface area contributed by atoms with Crippen molar-refractivity contribution in [2.75, 3.05) is 46.2 Å². The number of amides is 1. The van der Waals surface area contributed by atoms with Gasteiger partial charge in [-0.2, -0.15) is 0 Å². The number of hydrogen-bond acceptors (Lipinski definition) is 9. The predicted octanol–water partition coefficient (Wildman–Crippen LogP) is 3.30. The van der Waals surface area contributed by atoms with E-state index in [1.54, 1.807) is 12.1 Å². The second-order valence-corrected chi connectivity index (χ2v) is 12.4. The first-order chi connectivity index (χ1) is 20.9. The number of benzene rings is 3. The van der Waals surface area contributed by atoms with Gasteiger partial charge in [-0.05, 0) is 40.8 Å². The Balaban J connectivity index is 1.50. The highest BCUT2D eigenvalue weighted by Crippen LogP contribution is 2.21. The Morgan fingerprint density at radius 2 is 1.23 bits per heavy atom. The van der Waals surface area contributed by atoms with Crippen molar-refractivity contribution in [3.8, 4) is 0 Å². The van der Waals surface area contributed by atoms with Crippen molar-refractivity contribution in [2.24, 2.45) is 0 Å². The highest BCUT2D eigenvalue weighted by Gasteiger charge is 2.25. The van der Waals surface area contributed by atoms with Gasteiger partial charge in [-0.3, -0.25) is 4.79 Å². The number of ether oxygens (including phenoxy) is 5. The molecule has 0 unspecified atom stereocenters. The first-order valence-corrected chi connectivity index (χ1v) is 16.6. The quantitative estimate of drug-likeness (QED) is 0.234. The van der Waals surface area contributed by atoms with Crippen LogP contribution in [0.3, 0.4) is 0 Å². The van der Waals surface area contributed by atoms with Crippen LogP contribution in [0.2, 0.25) is 6.04 Å². The van der Waals surface area contributed by atoms with Crippen LogP contribution in [-0.4, -0.2) is 75.3 Å². The van der Waals surface area contributed by atoms with E-state index in [0.717, 1.165) is 22.3 Å². The van der Waals surface area contributed by atoms with Crippen molar-refractivity contribution >= 4 is 14.7 Å². The molecule has 0 aromatic heterocycles. The van der Waals surface area contributed by atoms with Crippen LogP contribution < -0.4 is 5.32 Å². The topological polar surface area (TPSA) is 136 Å². The van der Waals surface area contributed by atoms with E-state index in [0.29, 0.717) is 45.2 Å². The molecule has 0 fully saturated rings. The van der Waals surface area contributed by atoms with E-state index >= 15 is 0 Å². The smallest absolute Gasteiger partial charge is 0.390 e. The molecule has 1 amide bonds. The summed E-state index contributed by atoms with van der Waals surface area (Å²) < 4.78 is 30.2. The Hall–Kier alpha value is -2.97. The van der Waals surface area contributed by atoms with Gasteiger partial charge in [-0.15, -0.1) is 0 Å². The predicted molar refractivity (Wildman–Crippen MR) is 161 cm³/mol. The van der Waals surface area contributed by atoms with Gasteiger partial charge in [0.05, 0.1) is 52.9 Å². The Kier molecular flexibility index (Phi) is 13.3. The average Bonchev–Trinajstić information content (AvgIpc) is 3.00. The largest absolute Gasteiger partial charge is 0.492 e. The fourth-order valence-electron chi connectivity index (χ4n) is 4.67. The molecule has 3 aromatic rings. The summed E-state index contributed by atoms with van der Waals surface area (Å²) in [6.45, 7) is 2.92. The summed E-state index contributed by atoms with van der Waals surface area (Å²) in [5, 5.41) is 2.78. The maximum atomic E-state index is 13.0. The zero-order valence-corrected chi connectivity index (χ0v) is 25.2. The molecule has 1 aliphatic heterocycles. The maximum Gasteiger partial charge on any atom is 0.492 e. The SMILES string of the molecule is O=C(NCCC[Si](O)(O)O)c1cc2cc(c1)COC[C@H](c1ccccc1)OCCOCCO[C@@H](c1ccccc1)COC2. The van der Waals surface area contributed by atoms with Gasteiger partial charge in [0.15, 0.2) is 0 Å². The van der Waals surface area contributed by atoms with E-state index in [2.05, 4.69) is 5.32 Å². The highest BCUT2D eigenvalue weighted by atomic mass is 28.4. The van der Waals surface area contributed by atoms with E-state index in [4.69, 9.17) is 23.7 Å². The lowest BCUT2D eigenvalue weighted by atomic mass is 10.1. The third kappa shape index (κ3) is 11.9. The summed E-state index contributed by atoms with van der Waals surface area (Å²) in [5.74, 6) is -0.317. The van der Waals surface area contributed by atoms with Gasteiger partial charge in [0, 0.05) is 18.2 Å². The van der Waals surface area contributed by atoms with Crippen LogP contribution in [0.5, 0.6) is 0 Å². The number of carbonyl (C=O) groups is 1. The third-order valence-corrected chi connectivity index (χ3v) is 7.83. The molecule has 2 bridgehead atoms. The monoisotopic (exact) mass is 611 g/mol. The number of fused-ring (bicyclic) bond motifs is 2. The summed E-state index contributed by atoms with van der Waals surface area (Å²) in [4.78, 5) is 40.7. The lowest BCUT2D eigenvalue weighted by Gasteiger charge is -2.21. The van der Waals surface area contributed by atoms with E-state index in [1.807, 2.05) is 66.7 Å². The molecule has 4 rings (SSSR count). The van der Waals surface area contributed by atoms with Crippen LogP contribution in [-0.2, 0) is 36.9 Å². The van der Waals surface area contributed by atoms with Gasteiger partial charge in [-0.25, -0.2) is 0 Å². The van der Waals surface area contributed by atoms with Crippen molar-refractivity contribution in [3.63, 3.8) is 0 Å². The first kappa shape index (κ1) is 32.9. The fourth-order valence-corrected chi connectivity index (χ4v) is 5.33. The second kappa shape index (κ2) is 17.4. The third-order valence-electron chi connectivity index (χ3n) is 6.80. The van der Waals surface area contributed by atoms with Crippen molar-refractivity contribution in [1.82, 2.24) is 5.32 Å². The Morgan fingerprint density at radius 1 is 0.721 bits per heavy atom. The van der Waals surface area contributed by atoms with Crippen molar-refractivity contribution in [1.29, 1.82) is 0 Å². The van der Waals surface area contributed by atoms with Gasteiger partial charge in [0.2, 0.25) is 0 Å². The van der Waals surface area contributed by atoms with Gasteiger partial charge >= 0.3 is 8.80 Å². The molecular weight excluding hydrogens is 570 g/mol. The molecular formula is C32H41NO9Si. The molecule has 0 aliphatic carbocycles. The molecule has 3 aromatic carbocycles. The minimum atomic E-state index is -4.15. The fraction of sp³-hybridized carbons (Fsp3) is 0.406. The molecule has 0 radical (unpaired) electrons. The summed E-state index contributed by atoms with van der Waals surface area (Å²) in [6, 6.07) is 25.1. The minimum absolute atomic E-state index is 0.151. The summed E-state index contributed by atoms with van der Waals surface area (Å²) in [7, 11) is -4.15. The molecule has 4 N–H and O–H groups in total.